The molecule has 1 aromatic heterocycles. The number of hydrogen-bond acceptors (Lipinski definition) is 2. The van der Waals surface area contributed by atoms with Gasteiger partial charge in [-0.05, 0) is 120 Å². The molecule has 1 heterocycles. The van der Waals surface area contributed by atoms with E-state index in [2.05, 4.69) is 254 Å². The van der Waals surface area contributed by atoms with E-state index in [-0.39, 0.29) is 0 Å². The van der Waals surface area contributed by atoms with Crippen LogP contribution in [0.5, 0.6) is 0 Å². The highest BCUT2D eigenvalue weighted by Crippen LogP contribution is 2.46. The number of fused-ring (bicyclic) bond motifs is 5. The third kappa shape index (κ3) is 6.73. The highest BCUT2D eigenvalue weighted by atomic mass is 32.1. The highest BCUT2D eigenvalue weighted by molar-refractivity contribution is 7.25. The Labute approximate surface area is 377 Å². The molecule has 0 unspecified atom stereocenters. The summed E-state index contributed by atoms with van der Waals surface area (Å²) in [5, 5.41) is 7.65. The molecule has 0 bridgehead atoms. The summed E-state index contributed by atoms with van der Waals surface area (Å²) >= 11 is 1.86. The topological polar surface area (TPSA) is 3.24 Å². The molecule has 1 nitrogen and oxygen atoms in total. The zero-order valence-electron chi connectivity index (χ0n) is 35.0. The van der Waals surface area contributed by atoms with Crippen LogP contribution in [-0.4, -0.2) is 0 Å². The van der Waals surface area contributed by atoms with Crippen LogP contribution in [0, 0.1) is 0 Å². The molecule has 0 spiro atoms. The lowest BCUT2D eigenvalue weighted by Crippen LogP contribution is -2.11. The number of hydrogen-bond donors (Lipinski definition) is 0. The van der Waals surface area contributed by atoms with Crippen LogP contribution >= 0.6 is 11.3 Å². The summed E-state index contributed by atoms with van der Waals surface area (Å²) in [5.74, 6) is 0. The average Bonchev–Trinajstić information content (AvgIpc) is 3.76. The number of nitrogens with zero attached hydrogens (tertiary/aromatic N) is 1. The smallest absolute Gasteiger partial charge is 0.0540 e. The maximum atomic E-state index is 2.42. The first-order valence-corrected chi connectivity index (χ1v) is 22.7. The summed E-state index contributed by atoms with van der Waals surface area (Å²) in [5.41, 5.74) is 15.4. The third-order valence-corrected chi connectivity index (χ3v) is 13.8. The van der Waals surface area contributed by atoms with Crippen LogP contribution in [0.1, 0.15) is 0 Å². The lowest BCUT2D eigenvalue weighted by molar-refractivity contribution is 1.28. The number of benzene rings is 11. The maximum Gasteiger partial charge on any atom is 0.0540 e. The van der Waals surface area contributed by atoms with Gasteiger partial charge in [-0.25, -0.2) is 0 Å². The van der Waals surface area contributed by atoms with E-state index in [9.17, 15) is 0 Å². The van der Waals surface area contributed by atoms with Gasteiger partial charge in [0.1, 0.15) is 0 Å². The van der Waals surface area contributed by atoms with Gasteiger partial charge in [-0.15, -0.1) is 11.3 Å². The summed E-state index contributed by atoms with van der Waals surface area (Å²) in [6.45, 7) is 0. The first-order chi connectivity index (χ1) is 31.7. The number of para-hydroxylation sites is 1. The van der Waals surface area contributed by atoms with E-state index < -0.39 is 0 Å². The summed E-state index contributed by atoms with van der Waals surface area (Å²) in [7, 11) is 0. The van der Waals surface area contributed by atoms with E-state index in [1.807, 2.05) is 11.3 Å². The first-order valence-electron chi connectivity index (χ1n) is 21.9. The molecule has 0 saturated heterocycles. The van der Waals surface area contributed by atoms with E-state index in [0.29, 0.717) is 0 Å². The van der Waals surface area contributed by atoms with Gasteiger partial charge in [0.05, 0.1) is 5.69 Å². The zero-order valence-corrected chi connectivity index (χ0v) is 35.8. The van der Waals surface area contributed by atoms with Gasteiger partial charge in [0.2, 0.25) is 0 Å². The molecular formula is C62H41NS. The maximum absolute atomic E-state index is 2.42. The standard InChI is InChI=1S/C62H41NS/c1-3-19-52-45(13-1)15-10-23-54(52)47-31-29-42(30-32-47)43-33-37-50(38-34-43)63(59-26-7-5-21-56(59)57-25-12-28-61-62(57)58-22-6-8-27-60(58)64-61)51-39-35-44(36-40-51)48-17-9-18-49(41-48)55-24-11-16-46-14-2-4-20-53(46)55/h1-41H. The molecule has 12 aromatic rings. The predicted octanol–water partition coefficient (Wildman–Crippen LogP) is 18.2. The number of thiophene rings is 1. The largest absolute Gasteiger partial charge is 0.310 e. The van der Waals surface area contributed by atoms with Crippen molar-refractivity contribution in [2.24, 2.45) is 0 Å². The van der Waals surface area contributed by atoms with Gasteiger partial charge >= 0.3 is 0 Å². The summed E-state index contributed by atoms with van der Waals surface area (Å²) in [4.78, 5) is 2.42. The summed E-state index contributed by atoms with van der Waals surface area (Å²) < 4.78 is 2.60. The second kappa shape index (κ2) is 16.0. The Hall–Kier alpha value is -8.04. The van der Waals surface area contributed by atoms with Gasteiger partial charge in [0.15, 0.2) is 0 Å². The van der Waals surface area contributed by atoms with Gasteiger partial charge in [0.25, 0.3) is 0 Å². The Kier molecular flexibility index (Phi) is 9.43. The molecule has 0 fully saturated rings. The van der Waals surface area contributed by atoms with Crippen molar-refractivity contribution < 1.29 is 0 Å². The fourth-order valence-corrected chi connectivity index (χ4v) is 10.7. The lowest BCUT2D eigenvalue weighted by atomic mass is 9.95. The van der Waals surface area contributed by atoms with Crippen LogP contribution in [0.2, 0.25) is 0 Å². The second-order valence-corrected chi connectivity index (χ2v) is 17.5. The van der Waals surface area contributed by atoms with Gasteiger partial charge in [-0.3, -0.25) is 0 Å². The Balaban J connectivity index is 0.947. The van der Waals surface area contributed by atoms with Crippen LogP contribution in [-0.2, 0) is 0 Å². The van der Waals surface area contributed by atoms with Crippen molar-refractivity contribution >= 4 is 70.1 Å². The summed E-state index contributed by atoms with van der Waals surface area (Å²) in [6, 6.07) is 90.9. The van der Waals surface area contributed by atoms with Crippen LogP contribution in [0.4, 0.5) is 17.1 Å². The molecule has 0 atom stereocenters. The Morgan fingerprint density at radius 2 is 0.703 bits per heavy atom. The second-order valence-electron chi connectivity index (χ2n) is 16.4. The van der Waals surface area contributed by atoms with E-state index in [1.165, 1.54) is 97.4 Å². The number of anilines is 3. The molecule has 0 amide bonds. The minimum atomic E-state index is 1.09. The predicted molar refractivity (Wildman–Crippen MR) is 276 cm³/mol. The average molecular weight is 832 g/mol. The first kappa shape index (κ1) is 37.7. The van der Waals surface area contributed by atoms with Crippen LogP contribution < -0.4 is 4.90 Å². The van der Waals surface area contributed by atoms with Crippen molar-refractivity contribution in [3.05, 3.63) is 249 Å². The van der Waals surface area contributed by atoms with Crippen LogP contribution in [0.15, 0.2) is 249 Å². The minimum Gasteiger partial charge on any atom is -0.310 e. The van der Waals surface area contributed by atoms with E-state index in [0.717, 1.165) is 17.1 Å². The quantitative estimate of drug-likeness (QED) is 0.147. The Bertz CT molecular complexity index is 3640. The fourth-order valence-electron chi connectivity index (χ4n) is 9.59. The molecule has 64 heavy (non-hydrogen) atoms. The van der Waals surface area contributed by atoms with Crippen LogP contribution in [0.3, 0.4) is 0 Å². The molecular weight excluding hydrogens is 791 g/mol. The Morgan fingerprint density at radius 1 is 0.266 bits per heavy atom. The molecule has 0 aliphatic rings. The van der Waals surface area contributed by atoms with E-state index in [1.54, 1.807) is 0 Å². The van der Waals surface area contributed by atoms with Gasteiger partial charge in [0, 0.05) is 37.1 Å². The monoisotopic (exact) mass is 831 g/mol. The molecule has 11 aromatic carbocycles. The molecule has 0 radical (unpaired) electrons. The highest BCUT2D eigenvalue weighted by Gasteiger charge is 2.20. The van der Waals surface area contributed by atoms with Crippen molar-refractivity contribution in [3.63, 3.8) is 0 Å². The van der Waals surface area contributed by atoms with Gasteiger partial charge in [-0.1, -0.05) is 200 Å². The normalized spacial score (nSPS) is 11.4. The van der Waals surface area contributed by atoms with Crippen molar-refractivity contribution in [3.8, 4) is 55.6 Å². The van der Waals surface area contributed by atoms with Crippen LogP contribution in [0.25, 0.3) is 97.4 Å². The summed E-state index contributed by atoms with van der Waals surface area (Å²) in [6.07, 6.45) is 0. The molecule has 2 heteroatoms. The molecule has 0 N–H and O–H groups in total. The fraction of sp³-hybridized carbons (Fsp3) is 0. The lowest BCUT2D eigenvalue weighted by Gasteiger charge is -2.28. The molecule has 0 aliphatic carbocycles. The van der Waals surface area contributed by atoms with Crippen molar-refractivity contribution in [1.82, 2.24) is 0 Å². The molecule has 12 rings (SSSR count). The minimum absolute atomic E-state index is 1.09. The molecule has 0 aliphatic heterocycles. The molecule has 0 saturated carbocycles. The van der Waals surface area contributed by atoms with Crippen molar-refractivity contribution in [1.29, 1.82) is 0 Å². The third-order valence-electron chi connectivity index (χ3n) is 12.7. The zero-order chi connectivity index (χ0) is 42.4. The molecule has 300 valence electrons. The number of rotatable bonds is 8. The SMILES string of the molecule is c1cc(-c2ccc(N(c3ccc(-c4ccc(-c5cccc6ccccc56)cc4)cc3)c3ccccc3-c3cccc4sc5ccccc5c34)cc2)cc(-c2cccc3ccccc23)c1. The van der Waals surface area contributed by atoms with Crippen molar-refractivity contribution in [2.45, 2.75) is 0 Å². The Morgan fingerprint density at radius 3 is 1.39 bits per heavy atom. The van der Waals surface area contributed by atoms with E-state index >= 15 is 0 Å². The van der Waals surface area contributed by atoms with Crippen molar-refractivity contribution in [2.75, 3.05) is 4.90 Å². The van der Waals surface area contributed by atoms with E-state index in [4.69, 9.17) is 0 Å². The van der Waals surface area contributed by atoms with Gasteiger partial charge in [-0.2, -0.15) is 0 Å². The van der Waals surface area contributed by atoms with Gasteiger partial charge < -0.3 is 4.90 Å².